The van der Waals surface area contributed by atoms with Gasteiger partial charge in [0.05, 0.1) is 29.0 Å². The van der Waals surface area contributed by atoms with E-state index in [1.165, 1.54) is 11.6 Å². The van der Waals surface area contributed by atoms with Crippen molar-refractivity contribution in [2.75, 3.05) is 0 Å². The average molecular weight is 406 g/mol. The van der Waals surface area contributed by atoms with E-state index in [9.17, 15) is 14.0 Å². The number of ether oxygens (including phenoxy) is 1. The highest BCUT2D eigenvalue weighted by Crippen LogP contribution is 2.41. The van der Waals surface area contributed by atoms with E-state index in [0.29, 0.717) is 36.1 Å². The first kappa shape index (κ1) is 19.0. The van der Waals surface area contributed by atoms with Crippen molar-refractivity contribution in [2.24, 2.45) is 0 Å². The SMILES string of the molecule is CCCc1cc2n(c(=O)c1COC=O)Cc1c-2nc2cc(F)c(C)c3c2c1CCC3. The summed E-state index contributed by atoms with van der Waals surface area (Å²) in [6, 6.07) is 3.53. The molecule has 30 heavy (non-hydrogen) atoms. The molecule has 1 aliphatic carbocycles. The molecule has 0 unspecified atom stereocenters. The molecule has 5 rings (SSSR count). The first-order chi connectivity index (χ1) is 14.5. The molecule has 1 aliphatic heterocycles. The van der Waals surface area contributed by atoms with E-state index in [2.05, 4.69) is 0 Å². The molecule has 0 saturated heterocycles. The van der Waals surface area contributed by atoms with Gasteiger partial charge >= 0.3 is 0 Å². The fourth-order valence-corrected chi connectivity index (χ4v) is 5.12. The molecule has 3 aromatic rings. The maximum absolute atomic E-state index is 14.6. The number of rotatable bonds is 5. The number of carbonyl (C=O) groups is 1. The van der Waals surface area contributed by atoms with Crippen LogP contribution in [0.5, 0.6) is 0 Å². The molecule has 2 aliphatic rings. The molecule has 154 valence electrons. The molecule has 0 fully saturated rings. The second-order valence-electron chi connectivity index (χ2n) is 8.21. The lowest BCUT2D eigenvalue weighted by atomic mass is 9.85. The second-order valence-corrected chi connectivity index (χ2v) is 8.21. The van der Waals surface area contributed by atoms with Gasteiger partial charge in [-0.2, -0.15) is 0 Å². The maximum Gasteiger partial charge on any atom is 0.293 e. The molecule has 0 spiro atoms. The molecule has 0 saturated carbocycles. The highest BCUT2D eigenvalue weighted by Gasteiger charge is 2.30. The minimum absolute atomic E-state index is 0.0227. The highest BCUT2D eigenvalue weighted by molar-refractivity contribution is 5.92. The quantitative estimate of drug-likeness (QED) is 0.470. The van der Waals surface area contributed by atoms with Crippen LogP contribution in [0.3, 0.4) is 0 Å². The van der Waals surface area contributed by atoms with Crippen molar-refractivity contribution in [3.8, 4) is 11.4 Å². The Morgan fingerprint density at radius 2 is 2.03 bits per heavy atom. The van der Waals surface area contributed by atoms with Crippen LogP contribution in [0.4, 0.5) is 4.39 Å². The molecule has 0 radical (unpaired) electrons. The fourth-order valence-electron chi connectivity index (χ4n) is 5.12. The standard InChI is InChI=1S/C24H23FN2O3/c1-3-5-14-8-21-23-17(10-27(21)24(29)18(14)11-30-12-28)16-7-4-6-15-13(2)19(25)9-20(26-23)22(15)16/h8-9,12H,3-7,10-11H2,1-2H3. The van der Waals surface area contributed by atoms with E-state index in [4.69, 9.17) is 9.72 Å². The molecular weight excluding hydrogens is 383 g/mol. The summed E-state index contributed by atoms with van der Waals surface area (Å²) >= 11 is 0. The van der Waals surface area contributed by atoms with E-state index >= 15 is 0 Å². The van der Waals surface area contributed by atoms with Crippen molar-refractivity contribution in [2.45, 2.75) is 59.1 Å². The van der Waals surface area contributed by atoms with Gasteiger partial charge in [-0.25, -0.2) is 9.37 Å². The van der Waals surface area contributed by atoms with Gasteiger partial charge in [-0.1, -0.05) is 13.3 Å². The Labute approximate surface area is 173 Å². The number of nitrogens with zero attached hydrogens (tertiary/aromatic N) is 2. The number of benzene rings is 1. The van der Waals surface area contributed by atoms with Gasteiger partial charge in [0.15, 0.2) is 0 Å². The van der Waals surface area contributed by atoms with Crippen LogP contribution in [-0.4, -0.2) is 16.0 Å². The van der Waals surface area contributed by atoms with Gasteiger partial charge in [-0.15, -0.1) is 0 Å². The lowest BCUT2D eigenvalue weighted by molar-refractivity contribution is -0.129. The van der Waals surface area contributed by atoms with E-state index in [0.717, 1.165) is 59.1 Å². The lowest BCUT2D eigenvalue weighted by Gasteiger charge is -2.21. The Balaban J connectivity index is 1.79. The third kappa shape index (κ3) is 2.62. The Hall–Kier alpha value is -3.02. The molecule has 3 heterocycles. The van der Waals surface area contributed by atoms with Crippen molar-refractivity contribution in [3.63, 3.8) is 0 Å². The first-order valence-electron chi connectivity index (χ1n) is 10.5. The molecular formula is C24H23FN2O3. The predicted molar refractivity (Wildman–Crippen MR) is 112 cm³/mol. The normalized spacial score (nSPS) is 14.0. The van der Waals surface area contributed by atoms with Gasteiger partial charge in [0, 0.05) is 17.0 Å². The average Bonchev–Trinajstić information content (AvgIpc) is 3.11. The Kier molecular flexibility index (Phi) is 4.45. The van der Waals surface area contributed by atoms with Crippen molar-refractivity contribution in [1.29, 1.82) is 0 Å². The lowest BCUT2D eigenvalue weighted by Crippen LogP contribution is -2.25. The zero-order chi connectivity index (χ0) is 21.0. The van der Waals surface area contributed by atoms with Crippen molar-refractivity contribution in [1.82, 2.24) is 9.55 Å². The summed E-state index contributed by atoms with van der Waals surface area (Å²) in [6.45, 7) is 4.69. The van der Waals surface area contributed by atoms with Gasteiger partial charge in [-0.3, -0.25) is 9.59 Å². The molecule has 2 aromatic heterocycles. The second kappa shape index (κ2) is 7.04. The molecule has 0 bridgehead atoms. The summed E-state index contributed by atoms with van der Waals surface area (Å²) in [5.41, 5.74) is 7.54. The molecule has 0 amide bonds. The zero-order valence-corrected chi connectivity index (χ0v) is 17.2. The van der Waals surface area contributed by atoms with Crippen LogP contribution in [0, 0.1) is 12.7 Å². The van der Waals surface area contributed by atoms with Crippen LogP contribution in [0.25, 0.3) is 22.3 Å². The number of carbonyl (C=O) groups excluding carboxylic acids is 1. The number of halogens is 1. The van der Waals surface area contributed by atoms with Crippen LogP contribution in [0.2, 0.25) is 0 Å². The number of pyridine rings is 2. The molecule has 6 heteroatoms. The smallest absolute Gasteiger partial charge is 0.293 e. The number of hydrogen-bond donors (Lipinski definition) is 0. The molecule has 5 nitrogen and oxygen atoms in total. The minimum Gasteiger partial charge on any atom is -0.463 e. The summed E-state index contributed by atoms with van der Waals surface area (Å²) in [4.78, 5) is 28.9. The number of fused-ring (bicyclic) bond motifs is 4. The fraction of sp³-hybridized carbons (Fsp3) is 0.375. The topological polar surface area (TPSA) is 61.2 Å². The summed E-state index contributed by atoms with van der Waals surface area (Å²) in [6.07, 6.45) is 4.31. The van der Waals surface area contributed by atoms with Crippen molar-refractivity contribution >= 4 is 17.4 Å². The van der Waals surface area contributed by atoms with Crippen molar-refractivity contribution in [3.05, 3.63) is 61.7 Å². The maximum atomic E-state index is 14.6. The molecule has 0 N–H and O–H groups in total. The van der Waals surface area contributed by atoms with Crippen LogP contribution in [0.1, 0.15) is 53.1 Å². The zero-order valence-electron chi connectivity index (χ0n) is 17.2. The summed E-state index contributed by atoms with van der Waals surface area (Å²) < 4.78 is 21.2. The number of aromatic nitrogens is 2. The minimum atomic E-state index is -0.221. The Morgan fingerprint density at radius 1 is 1.23 bits per heavy atom. The van der Waals surface area contributed by atoms with Crippen LogP contribution >= 0.6 is 0 Å². The van der Waals surface area contributed by atoms with Crippen LogP contribution < -0.4 is 5.56 Å². The third-order valence-corrected chi connectivity index (χ3v) is 6.54. The van der Waals surface area contributed by atoms with Crippen molar-refractivity contribution < 1.29 is 13.9 Å². The third-order valence-electron chi connectivity index (χ3n) is 6.54. The summed E-state index contributed by atoms with van der Waals surface area (Å²) in [5, 5.41) is 1.07. The van der Waals surface area contributed by atoms with Gasteiger partial charge in [0.25, 0.3) is 12.0 Å². The van der Waals surface area contributed by atoms with E-state index in [-0.39, 0.29) is 18.0 Å². The van der Waals surface area contributed by atoms with E-state index < -0.39 is 0 Å². The summed E-state index contributed by atoms with van der Waals surface area (Å²) in [7, 11) is 0. The van der Waals surface area contributed by atoms with Crippen LogP contribution in [-0.2, 0) is 41.9 Å². The molecule has 1 aromatic carbocycles. The Morgan fingerprint density at radius 3 is 2.80 bits per heavy atom. The molecule has 0 atom stereocenters. The van der Waals surface area contributed by atoms with Crippen LogP contribution in [0.15, 0.2) is 16.9 Å². The monoisotopic (exact) mass is 406 g/mol. The van der Waals surface area contributed by atoms with E-state index in [1.54, 1.807) is 4.57 Å². The predicted octanol–water partition coefficient (Wildman–Crippen LogP) is 3.99. The van der Waals surface area contributed by atoms with Gasteiger partial charge < -0.3 is 9.30 Å². The summed E-state index contributed by atoms with van der Waals surface area (Å²) in [5.74, 6) is -0.221. The largest absolute Gasteiger partial charge is 0.463 e. The van der Waals surface area contributed by atoms with Gasteiger partial charge in [0.1, 0.15) is 12.4 Å². The number of hydrogen-bond acceptors (Lipinski definition) is 4. The van der Waals surface area contributed by atoms with Gasteiger partial charge in [0.2, 0.25) is 0 Å². The first-order valence-corrected chi connectivity index (χ1v) is 10.5. The van der Waals surface area contributed by atoms with E-state index in [1.807, 2.05) is 19.9 Å². The number of aryl methyl sites for hydroxylation is 3. The Bertz CT molecular complexity index is 1280. The highest BCUT2D eigenvalue weighted by atomic mass is 19.1. The van der Waals surface area contributed by atoms with Gasteiger partial charge in [-0.05, 0) is 60.9 Å².